The van der Waals surface area contributed by atoms with Crippen molar-refractivity contribution in [2.75, 3.05) is 4.90 Å². The molecule has 0 saturated heterocycles. The van der Waals surface area contributed by atoms with E-state index in [0.29, 0.717) is 0 Å². The average Bonchev–Trinajstić information content (AvgIpc) is 3.71. The molecule has 0 atom stereocenters. The van der Waals surface area contributed by atoms with Crippen LogP contribution >= 0.6 is 0 Å². The lowest BCUT2D eigenvalue weighted by Gasteiger charge is -2.34. The zero-order valence-electron chi connectivity index (χ0n) is 34.8. The summed E-state index contributed by atoms with van der Waals surface area (Å²) in [5.41, 5.74) is 11.6. The number of hydrogen-bond donors (Lipinski definition) is 0. The Morgan fingerprint density at radius 1 is 0.254 bits per heavy atom. The van der Waals surface area contributed by atoms with Crippen molar-refractivity contribution in [3.05, 3.63) is 267 Å². The van der Waals surface area contributed by atoms with Crippen LogP contribution in [0.4, 0.5) is 17.1 Å². The molecule has 11 aromatic rings. The van der Waals surface area contributed by atoms with E-state index in [9.17, 15) is 0 Å². The van der Waals surface area contributed by atoms with Crippen LogP contribution in [0.5, 0.6) is 0 Å². The summed E-state index contributed by atoms with van der Waals surface area (Å²) in [6.45, 7) is 0. The van der Waals surface area contributed by atoms with Gasteiger partial charge in [-0.3, -0.25) is 0 Å². The Bertz CT molecular complexity index is 3120. The summed E-state index contributed by atoms with van der Waals surface area (Å²) < 4.78 is 2.37. The van der Waals surface area contributed by atoms with Gasteiger partial charge in [-0.2, -0.15) is 0 Å². The molecule has 298 valence electrons. The van der Waals surface area contributed by atoms with Gasteiger partial charge in [-0.1, -0.05) is 206 Å². The van der Waals surface area contributed by atoms with Gasteiger partial charge in [0.25, 0.3) is 0 Å². The van der Waals surface area contributed by atoms with E-state index in [4.69, 9.17) is 0 Å². The molecule has 0 aliphatic heterocycles. The Morgan fingerprint density at radius 3 is 0.968 bits per heavy atom. The van der Waals surface area contributed by atoms with Gasteiger partial charge in [0.1, 0.15) is 0 Å². The van der Waals surface area contributed by atoms with Crippen LogP contribution in [-0.2, 0) is 0 Å². The Kier molecular flexibility index (Phi) is 9.93. The molecule has 0 amide bonds. The molecule has 0 radical (unpaired) electrons. The topological polar surface area (TPSA) is 8.17 Å². The third kappa shape index (κ3) is 6.86. The molecule has 1 heterocycles. The molecule has 0 spiro atoms. The number of aromatic nitrogens is 1. The van der Waals surface area contributed by atoms with E-state index < -0.39 is 8.07 Å². The van der Waals surface area contributed by atoms with Crippen LogP contribution < -0.4 is 25.6 Å². The van der Waals surface area contributed by atoms with Crippen molar-refractivity contribution in [2.24, 2.45) is 0 Å². The second-order valence-electron chi connectivity index (χ2n) is 16.1. The fourth-order valence-electron chi connectivity index (χ4n) is 9.61. The molecule has 10 aromatic carbocycles. The largest absolute Gasteiger partial charge is 0.311 e. The smallest absolute Gasteiger partial charge is 0.179 e. The molecule has 0 saturated carbocycles. The molecule has 0 bridgehead atoms. The molecule has 63 heavy (non-hydrogen) atoms. The van der Waals surface area contributed by atoms with E-state index in [0.717, 1.165) is 22.7 Å². The van der Waals surface area contributed by atoms with E-state index >= 15 is 0 Å². The molecule has 0 N–H and O–H groups in total. The fourth-order valence-corrected chi connectivity index (χ4v) is 14.4. The Labute approximate surface area is 370 Å². The number of fused-ring (bicyclic) bond motifs is 3. The second kappa shape index (κ2) is 16.5. The fraction of sp³-hybridized carbons (Fsp3) is 0. The summed E-state index contributed by atoms with van der Waals surface area (Å²) in [4.78, 5) is 2.36. The highest BCUT2D eigenvalue weighted by molar-refractivity contribution is 7.19. The second-order valence-corrected chi connectivity index (χ2v) is 19.9. The summed E-state index contributed by atoms with van der Waals surface area (Å²) in [5.74, 6) is 0. The van der Waals surface area contributed by atoms with E-state index in [1.165, 1.54) is 64.8 Å². The third-order valence-corrected chi connectivity index (χ3v) is 17.4. The number of nitrogens with zero attached hydrogens (tertiary/aromatic N) is 2. The Hall–Kier alpha value is -7.98. The molecule has 2 nitrogen and oxygen atoms in total. The average molecular weight is 821 g/mol. The van der Waals surface area contributed by atoms with E-state index in [2.05, 4.69) is 276 Å². The molecule has 0 aliphatic carbocycles. The predicted molar refractivity (Wildman–Crippen MR) is 270 cm³/mol. The van der Waals surface area contributed by atoms with Crippen molar-refractivity contribution in [3.63, 3.8) is 0 Å². The van der Waals surface area contributed by atoms with E-state index in [1.54, 1.807) is 0 Å². The molecular formula is C60H44N2Si. The lowest BCUT2D eigenvalue weighted by molar-refractivity contribution is 1.17. The monoisotopic (exact) mass is 820 g/mol. The van der Waals surface area contributed by atoms with Crippen LogP contribution in [0.25, 0.3) is 49.7 Å². The Balaban J connectivity index is 0.972. The van der Waals surface area contributed by atoms with Gasteiger partial charge >= 0.3 is 0 Å². The number of anilines is 3. The van der Waals surface area contributed by atoms with Gasteiger partial charge in [0.05, 0.1) is 11.0 Å². The normalized spacial score (nSPS) is 11.5. The first-order chi connectivity index (χ1) is 31.3. The van der Waals surface area contributed by atoms with Crippen molar-refractivity contribution < 1.29 is 0 Å². The maximum Gasteiger partial charge on any atom is 0.179 e. The zero-order chi connectivity index (χ0) is 42.0. The van der Waals surface area contributed by atoms with Crippen LogP contribution in [0, 0.1) is 0 Å². The first-order valence-corrected chi connectivity index (χ1v) is 23.7. The van der Waals surface area contributed by atoms with Crippen molar-refractivity contribution in [3.8, 4) is 27.9 Å². The number of rotatable bonds is 10. The van der Waals surface area contributed by atoms with Gasteiger partial charge < -0.3 is 9.47 Å². The summed E-state index contributed by atoms with van der Waals surface area (Å²) >= 11 is 0. The molecular weight excluding hydrogens is 777 g/mol. The number of benzene rings is 10. The highest BCUT2D eigenvalue weighted by atomic mass is 28.3. The van der Waals surface area contributed by atoms with Gasteiger partial charge in [0, 0.05) is 33.5 Å². The van der Waals surface area contributed by atoms with Gasteiger partial charge in [-0.05, 0) is 104 Å². The van der Waals surface area contributed by atoms with Gasteiger partial charge in [-0.15, -0.1) is 0 Å². The van der Waals surface area contributed by atoms with Crippen LogP contribution in [0.2, 0.25) is 0 Å². The molecule has 11 rings (SSSR count). The number of hydrogen-bond acceptors (Lipinski definition) is 1. The van der Waals surface area contributed by atoms with Crippen molar-refractivity contribution in [1.82, 2.24) is 4.57 Å². The standard InChI is InChI=1S/C60H44N2Si/c1-5-17-45(18-6-1)46-29-35-49(36-30-46)61(51-39-41-52(42-40-51)62-59-27-15-13-25-57(59)58-26-14-16-28-60(58)62)50-37-31-47(32-38-50)48-33-43-56(44-34-48)63(53-19-7-2-8-20-53,54-21-9-3-10-22-54)55-23-11-4-12-24-55/h1-44H. The molecule has 0 aliphatic rings. The maximum atomic E-state index is 2.38. The SMILES string of the molecule is c1ccc(-c2ccc(N(c3ccc(-c4ccc([Si](c5ccccc5)(c5ccccc5)c5ccccc5)cc4)cc3)c3ccc(-n4c5ccccc5c5ccccc54)cc3)cc2)cc1. The van der Waals surface area contributed by atoms with E-state index in [-0.39, 0.29) is 0 Å². The highest BCUT2D eigenvalue weighted by Crippen LogP contribution is 2.38. The minimum absolute atomic E-state index is 1.09. The van der Waals surface area contributed by atoms with Gasteiger partial charge in [-0.25, -0.2) is 0 Å². The summed E-state index contributed by atoms with van der Waals surface area (Å²) in [6.07, 6.45) is 0. The minimum Gasteiger partial charge on any atom is -0.311 e. The summed E-state index contributed by atoms with van der Waals surface area (Å²) in [6, 6.07) is 97.6. The van der Waals surface area contributed by atoms with Gasteiger partial charge in [0.2, 0.25) is 0 Å². The summed E-state index contributed by atoms with van der Waals surface area (Å²) in [7, 11) is -2.61. The lowest BCUT2D eigenvalue weighted by atomic mass is 10.0. The van der Waals surface area contributed by atoms with Crippen molar-refractivity contribution in [1.29, 1.82) is 0 Å². The first kappa shape index (κ1) is 38.0. The van der Waals surface area contributed by atoms with Crippen LogP contribution in [-0.4, -0.2) is 12.6 Å². The molecule has 0 unspecified atom stereocenters. The predicted octanol–water partition coefficient (Wildman–Crippen LogP) is 13.0. The maximum absolute atomic E-state index is 2.61. The Morgan fingerprint density at radius 2 is 0.556 bits per heavy atom. The highest BCUT2D eigenvalue weighted by Gasteiger charge is 2.41. The first-order valence-electron chi connectivity index (χ1n) is 21.7. The lowest BCUT2D eigenvalue weighted by Crippen LogP contribution is -2.74. The quantitative estimate of drug-likeness (QED) is 0.0985. The number of para-hydroxylation sites is 2. The molecule has 3 heteroatoms. The van der Waals surface area contributed by atoms with E-state index in [1.807, 2.05) is 0 Å². The van der Waals surface area contributed by atoms with Crippen molar-refractivity contribution in [2.45, 2.75) is 0 Å². The molecule has 0 fully saturated rings. The summed E-state index contributed by atoms with van der Waals surface area (Å²) in [5, 5.41) is 8.01. The van der Waals surface area contributed by atoms with Gasteiger partial charge in [0.15, 0.2) is 8.07 Å². The van der Waals surface area contributed by atoms with Crippen molar-refractivity contribution >= 4 is 67.7 Å². The van der Waals surface area contributed by atoms with Crippen LogP contribution in [0.15, 0.2) is 267 Å². The molecule has 1 aromatic heterocycles. The minimum atomic E-state index is -2.61. The zero-order valence-corrected chi connectivity index (χ0v) is 35.8. The third-order valence-electron chi connectivity index (χ3n) is 12.6. The van der Waals surface area contributed by atoms with Crippen LogP contribution in [0.1, 0.15) is 0 Å². The van der Waals surface area contributed by atoms with Crippen LogP contribution in [0.3, 0.4) is 0 Å².